The Morgan fingerprint density at radius 1 is 1.06 bits per heavy atom. The second kappa shape index (κ2) is 9.56. The van der Waals surface area contributed by atoms with Crippen LogP contribution >= 0.6 is 11.8 Å². The summed E-state index contributed by atoms with van der Waals surface area (Å²) < 4.78 is 16.4. The van der Waals surface area contributed by atoms with E-state index in [2.05, 4.69) is 4.98 Å². The van der Waals surface area contributed by atoms with Crippen LogP contribution < -0.4 is 4.90 Å². The zero-order valence-electron chi connectivity index (χ0n) is 18.1. The number of piperazine rings is 1. The van der Waals surface area contributed by atoms with E-state index in [1.807, 2.05) is 51.8 Å². The highest BCUT2D eigenvalue weighted by molar-refractivity contribution is 7.99. The molecule has 0 aliphatic carbocycles. The van der Waals surface area contributed by atoms with Crippen LogP contribution in [0, 0.1) is 12.7 Å². The summed E-state index contributed by atoms with van der Waals surface area (Å²) in [5, 5.41) is 0.777. The van der Waals surface area contributed by atoms with Crippen molar-refractivity contribution in [1.82, 2.24) is 14.5 Å². The Morgan fingerprint density at radius 2 is 1.81 bits per heavy atom. The molecule has 1 saturated heterocycles. The quantitative estimate of drug-likeness (QED) is 0.419. The number of imidazole rings is 1. The molecular weight excluding hydrogens is 427 g/mol. The number of hydrogen-bond donors (Lipinski definition) is 0. The molecule has 32 heavy (non-hydrogen) atoms. The third-order valence-corrected chi connectivity index (χ3v) is 6.59. The second-order valence-corrected chi connectivity index (χ2v) is 8.69. The van der Waals surface area contributed by atoms with Gasteiger partial charge in [0.1, 0.15) is 5.82 Å². The molecule has 0 spiro atoms. The first-order valence-corrected chi connectivity index (χ1v) is 11.5. The third-order valence-electron chi connectivity index (χ3n) is 5.63. The van der Waals surface area contributed by atoms with E-state index in [1.165, 1.54) is 24.8 Å². The third kappa shape index (κ3) is 4.70. The topological polar surface area (TPSA) is 58.4 Å². The Balaban J connectivity index is 1.34. The molecule has 0 atom stereocenters. The highest BCUT2D eigenvalue weighted by Gasteiger charge is 2.23. The summed E-state index contributed by atoms with van der Waals surface area (Å²) >= 11 is 1.42. The fraction of sp³-hybridized carbons (Fsp3) is 0.292. The number of ketones is 1. The van der Waals surface area contributed by atoms with Gasteiger partial charge in [-0.25, -0.2) is 9.37 Å². The van der Waals surface area contributed by atoms with Crippen molar-refractivity contribution in [2.45, 2.75) is 19.0 Å². The van der Waals surface area contributed by atoms with Crippen LogP contribution in [0.5, 0.6) is 0 Å². The van der Waals surface area contributed by atoms with Crippen molar-refractivity contribution < 1.29 is 14.0 Å². The van der Waals surface area contributed by atoms with E-state index in [0.29, 0.717) is 43.2 Å². The lowest BCUT2D eigenvalue weighted by molar-refractivity contribution is -0.128. The first-order chi connectivity index (χ1) is 15.4. The number of hydrogen-bond acceptors (Lipinski definition) is 5. The minimum absolute atomic E-state index is 0.0429. The standard InChI is InChI=1S/C24H25FN4O2S/c1-17-5-3-4-6-21(17)29-10-9-26-24(29)32-16-23(31)28-13-11-27(12-14-28)22-8-7-19(18(2)30)15-20(22)25/h3-10,15H,11-14,16H2,1-2H3. The molecule has 2 aromatic carbocycles. The lowest BCUT2D eigenvalue weighted by Crippen LogP contribution is -2.49. The molecule has 0 saturated carbocycles. The molecule has 1 amide bonds. The highest BCUT2D eigenvalue weighted by atomic mass is 32.2. The Kier molecular flexibility index (Phi) is 6.60. The van der Waals surface area contributed by atoms with Crippen LogP contribution in [0.2, 0.25) is 0 Å². The van der Waals surface area contributed by atoms with Crippen LogP contribution in [0.25, 0.3) is 5.69 Å². The number of aryl methyl sites for hydroxylation is 1. The lowest BCUT2D eigenvalue weighted by atomic mass is 10.1. The van der Waals surface area contributed by atoms with Gasteiger partial charge in [-0.1, -0.05) is 30.0 Å². The van der Waals surface area contributed by atoms with E-state index >= 15 is 0 Å². The monoisotopic (exact) mass is 452 g/mol. The lowest BCUT2D eigenvalue weighted by Gasteiger charge is -2.36. The molecule has 2 heterocycles. The minimum Gasteiger partial charge on any atom is -0.366 e. The average molecular weight is 453 g/mol. The molecule has 4 rings (SSSR count). The van der Waals surface area contributed by atoms with Crippen LogP contribution in [-0.2, 0) is 4.79 Å². The van der Waals surface area contributed by atoms with Gasteiger partial charge >= 0.3 is 0 Å². The van der Waals surface area contributed by atoms with E-state index in [-0.39, 0.29) is 11.7 Å². The van der Waals surface area contributed by atoms with Crippen molar-refractivity contribution in [3.8, 4) is 5.69 Å². The molecule has 1 aromatic heterocycles. The summed E-state index contributed by atoms with van der Waals surface area (Å²) in [6.45, 7) is 5.61. The summed E-state index contributed by atoms with van der Waals surface area (Å²) in [6, 6.07) is 12.6. The van der Waals surface area contributed by atoms with Crippen LogP contribution in [0.15, 0.2) is 60.0 Å². The number of Topliss-reactive ketones (excluding diaryl/α,β-unsaturated/α-hetero) is 1. The summed E-state index contributed by atoms with van der Waals surface area (Å²) in [6.07, 6.45) is 3.64. The van der Waals surface area contributed by atoms with Crippen molar-refractivity contribution in [2.75, 3.05) is 36.8 Å². The Bertz CT molecular complexity index is 1140. The first kappa shape index (κ1) is 22.1. The van der Waals surface area contributed by atoms with E-state index in [4.69, 9.17) is 0 Å². The van der Waals surface area contributed by atoms with Gasteiger partial charge in [-0.2, -0.15) is 0 Å². The Hall–Kier alpha value is -3.13. The minimum atomic E-state index is -0.406. The SMILES string of the molecule is CC(=O)c1ccc(N2CCN(C(=O)CSc3nccn3-c3ccccc3C)CC2)c(F)c1. The smallest absolute Gasteiger partial charge is 0.233 e. The summed E-state index contributed by atoms with van der Waals surface area (Å²) in [7, 11) is 0. The number of benzene rings is 2. The van der Waals surface area contributed by atoms with Crippen LogP contribution in [0.3, 0.4) is 0 Å². The second-order valence-electron chi connectivity index (χ2n) is 7.75. The van der Waals surface area contributed by atoms with Gasteiger partial charge in [-0.3, -0.25) is 14.2 Å². The normalized spacial score (nSPS) is 14.0. The van der Waals surface area contributed by atoms with Crippen molar-refractivity contribution in [3.63, 3.8) is 0 Å². The Morgan fingerprint density at radius 3 is 2.50 bits per heavy atom. The number of aromatic nitrogens is 2. The van der Waals surface area contributed by atoms with Gasteiger partial charge in [-0.05, 0) is 43.7 Å². The van der Waals surface area contributed by atoms with Crippen LogP contribution in [0.1, 0.15) is 22.8 Å². The molecule has 166 valence electrons. The molecule has 1 aliphatic heterocycles. The van der Waals surface area contributed by atoms with Crippen molar-refractivity contribution in [2.24, 2.45) is 0 Å². The predicted molar refractivity (Wildman–Crippen MR) is 124 cm³/mol. The maximum absolute atomic E-state index is 14.4. The molecular formula is C24H25FN4O2S. The number of thioether (sulfide) groups is 1. The van der Waals surface area contributed by atoms with Gasteiger partial charge in [0, 0.05) is 44.1 Å². The number of carbonyl (C=O) groups is 2. The number of anilines is 1. The van der Waals surface area contributed by atoms with Crippen LogP contribution in [-0.4, -0.2) is 58.1 Å². The molecule has 8 heteroatoms. The number of halogens is 1. The average Bonchev–Trinajstić information content (AvgIpc) is 3.26. The van der Waals surface area contributed by atoms with E-state index in [0.717, 1.165) is 16.4 Å². The van der Waals surface area contributed by atoms with E-state index < -0.39 is 5.82 Å². The molecule has 3 aromatic rings. The van der Waals surface area contributed by atoms with Gasteiger partial charge < -0.3 is 9.80 Å². The fourth-order valence-electron chi connectivity index (χ4n) is 3.81. The number of carbonyl (C=O) groups excluding carboxylic acids is 2. The first-order valence-electron chi connectivity index (χ1n) is 10.5. The van der Waals surface area contributed by atoms with E-state index in [9.17, 15) is 14.0 Å². The largest absolute Gasteiger partial charge is 0.366 e. The van der Waals surface area contributed by atoms with E-state index in [1.54, 1.807) is 18.3 Å². The van der Waals surface area contributed by atoms with Gasteiger partial charge in [0.15, 0.2) is 10.9 Å². The predicted octanol–water partition coefficient (Wildman–Crippen LogP) is 3.96. The van der Waals surface area contributed by atoms with Crippen molar-refractivity contribution in [1.29, 1.82) is 0 Å². The molecule has 0 bridgehead atoms. The molecule has 0 N–H and O–H groups in total. The molecule has 6 nitrogen and oxygen atoms in total. The summed E-state index contributed by atoms with van der Waals surface area (Å²) in [5.41, 5.74) is 3.02. The number of nitrogens with zero attached hydrogens (tertiary/aromatic N) is 4. The van der Waals surface area contributed by atoms with Gasteiger partial charge in [-0.15, -0.1) is 0 Å². The van der Waals surface area contributed by atoms with Crippen LogP contribution in [0.4, 0.5) is 10.1 Å². The fourth-order valence-corrected chi connectivity index (χ4v) is 4.68. The zero-order chi connectivity index (χ0) is 22.7. The molecule has 0 unspecified atom stereocenters. The van der Waals surface area contributed by atoms with Gasteiger partial charge in [0.2, 0.25) is 5.91 Å². The van der Waals surface area contributed by atoms with Crippen molar-refractivity contribution >= 4 is 29.1 Å². The maximum atomic E-state index is 14.4. The van der Waals surface area contributed by atoms with Crippen molar-refractivity contribution in [3.05, 3.63) is 71.8 Å². The molecule has 1 fully saturated rings. The summed E-state index contributed by atoms with van der Waals surface area (Å²) in [5.74, 6) is -0.228. The number of rotatable bonds is 6. The highest BCUT2D eigenvalue weighted by Crippen LogP contribution is 2.25. The number of amides is 1. The zero-order valence-corrected chi connectivity index (χ0v) is 18.9. The van der Waals surface area contributed by atoms with Gasteiger partial charge in [0.05, 0.1) is 17.1 Å². The molecule has 1 aliphatic rings. The maximum Gasteiger partial charge on any atom is 0.233 e. The summed E-state index contributed by atoms with van der Waals surface area (Å²) in [4.78, 5) is 32.4. The number of para-hydroxylation sites is 1. The van der Waals surface area contributed by atoms with Gasteiger partial charge in [0.25, 0.3) is 0 Å². The Labute approximate surface area is 191 Å². The molecule has 0 radical (unpaired) electrons.